The van der Waals surface area contributed by atoms with Crippen LogP contribution in [-0.4, -0.2) is 27.0 Å². The Hall–Kier alpha value is -2.34. The Morgan fingerprint density at radius 2 is 2.12 bits per heavy atom. The monoisotopic (exact) mass is 344 g/mol. The van der Waals surface area contributed by atoms with Gasteiger partial charge < -0.3 is 4.74 Å². The van der Waals surface area contributed by atoms with Gasteiger partial charge in [0.2, 0.25) is 12.1 Å². The lowest BCUT2D eigenvalue weighted by molar-refractivity contribution is -0.135. The van der Waals surface area contributed by atoms with Crippen molar-refractivity contribution in [1.82, 2.24) is 15.2 Å². The molecule has 0 saturated heterocycles. The Kier molecular flexibility index (Phi) is 3.76. The van der Waals surface area contributed by atoms with Crippen LogP contribution in [-0.2, 0) is 22.4 Å². The fraction of sp³-hybridized carbons (Fsp3) is 0.353. The van der Waals surface area contributed by atoms with Gasteiger partial charge in [-0.2, -0.15) is 10.1 Å². The second-order valence-corrected chi connectivity index (χ2v) is 6.40. The molecule has 1 N–H and O–H groups in total. The number of rotatable bonds is 2. The molecule has 0 spiro atoms. The van der Waals surface area contributed by atoms with E-state index in [1.807, 2.05) is 18.2 Å². The van der Waals surface area contributed by atoms with E-state index in [4.69, 9.17) is 16.3 Å². The third-order valence-electron chi connectivity index (χ3n) is 4.40. The molecule has 0 saturated carbocycles. The highest BCUT2D eigenvalue weighted by atomic mass is 35.5. The molecular weight excluding hydrogens is 328 g/mol. The summed E-state index contributed by atoms with van der Waals surface area (Å²) >= 11 is 6.27. The number of amides is 1. The smallest absolute Gasteiger partial charge is 0.262 e. The maximum atomic E-state index is 12.0. The standard InChI is InChI=1S/C17H17ClN4O2/c1-10(23)22-17(11-6-2-4-8-13(11)18)24-16(21-22)15-12-7-3-5-9-14(12)19-20-15/h2,4,6,8,17H,3,5,7,9H2,1H3,(H,19,20)/t17-/m0/s1. The van der Waals surface area contributed by atoms with Crippen molar-refractivity contribution in [2.24, 2.45) is 5.10 Å². The lowest BCUT2D eigenvalue weighted by Gasteiger charge is -2.20. The van der Waals surface area contributed by atoms with Gasteiger partial charge in [-0.25, -0.2) is 0 Å². The Morgan fingerprint density at radius 3 is 2.92 bits per heavy atom. The molecule has 1 aromatic heterocycles. The lowest BCUT2D eigenvalue weighted by atomic mass is 9.96. The third-order valence-corrected chi connectivity index (χ3v) is 4.74. The van der Waals surface area contributed by atoms with E-state index in [9.17, 15) is 4.79 Å². The third kappa shape index (κ3) is 2.47. The van der Waals surface area contributed by atoms with Gasteiger partial charge in [0.1, 0.15) is 0 Å². The van der Waals surface area contributed by atoms with Crippen molar-refractivity contribution < 1.29 is 9.53 Å². The molecule has 2 aromatic rings. The number of hydrogen-bond donors (Lipinski definition) is 1. The molecule has 1 aliphatic carbocycles. The van der Waals surface area contributed by atoms with E-state index in [0.717, 1.165) is 36.9 Å². The molecule has 4 rings (SSSR count). The number of hydrazone groups is 1. The van der Waals surface area contributed by atoms with Crippen LogP contribution >= 0.6 is 11.6 Å². The molecule has 0 unspecified atom stereocenters. The van der Waals surface area contributed by atoms with Crippen LogP contribution in [0.3, 0.4) is 0 Å². The van der Waals surface area contributed by atoms with Crippen LogP contribution in [0.5, 0.6) is 0 Å². The summed E-state index contributed by atoms with van der Waals surface area (Å²) in [6.07, 6.45) is 3.54. The Bertz CT molecular complexity index is 830. The van der Waals surface area contributed by atoms with Gasteiger partial charge in [0.25, 0.3) is 5.90 Å². The van der Waals surface area contributed by atoms with E-state index >= 15 is 0 Å². The molecule has 124 valence electrons. The quantitative estimate of drug-likeness (QED) is 0.909. The lowest BCUT2D eigenvalue weighted by Crippen LogP contribution is -2.25. The van der Waals surface area contributed by atoms with Crippen molar-refractivity contribution >= 4 is 23.4 Å². The first kappa shape index (κ1) is 15.2. The topological polar surface area (TPSA) is 70.6 Å². The van der Waals surface area contributed by atoms with Crippen molar-refractivity contribution in [3.8, 4) is 0 Å². The van der Waals surface area contributed by atoms with Crippen LogP contribution in [0, 0.1) is 0 Å². The number of benzene rings is 1. The average Bonchev–Trinajstić information content (AvgIpc) is 3.19. The molecule has 0 bridgehead atoms. The number of halogens is 1. The Labute approximate surface area is 144 Å². The molecule has 24 heavy (non-hydrogen) atoms. The zero-order chi connectivity index (χ0) is 16.7. The summed E-state index contributed by atoms with van der Waals surface area (Å²) in [5, 5.41) is 13.7. The first-order valence-corrected chi connectivity index (χ1v) is 8.39. The van der Waals surface area contributed by atoms with Gasteiger partial charge in [-0.15, -0.1) is 5.10 Å². The fourth-order valence-corrected chi connectivity index (χ4v) is 3.43. The molecule has 0 radical (unpaired) electrons. The predicted octanol–water partition coefficient (Wildman–Crippen LogP) is 3.18. The maximum Gasteiger partial charge on any atom is 0.262 e. The van der Waals surface area contributed by atoms with E-state index in [1.54, 1.807) is 6.07 Å². The Morgan fingerprint density at radius 1 is 1.33 bits per heavy atom. The second kappa shape index (κ2) is 5.94. The van der Waals surface area contributed by atoms with Gasteiger partial charge in [0.05, 0.1) is 0 Å². The Balaban J connectivity index is 1.71. The van der Waals surface area contributed by atoms with Gasteiger partial charge in [-0.1, -0.05) is 29.8 Å². The van der Waals surface area contributed by atoms with Crippen molar-refractivity contribution in [3.05, 3.63) is 51.8 Å². The SMILES string of the molecule is CC(=O)N1N=C(c2n[nH]c3c2CCCC3)O[C@H]1c1ccccc1Cl. The van der Waals surface area contributed by atoms with Crippen LogP contribution < -0.4 is 0 Å². The number of nitrogens with one attached hydrogen (secondary N) is 1. The number of ether oxygens (including phenoxy) is 1. The van der Waals surface area contributed by atoms with Gasteiger partial charge in [0.15, 0.2) is 5.69 Å². The molecule has 1 atom stereocenters. The molecule has 1 amide bonds. The minimum Gasteiger partial charge on any atom is -0.444 e. The summed E-state index contributed by atoms with van der Waals surface area (Å²) in [6.45, 7) is 1.46. The van der Waals surface area contributed by atoms with Crippen molar-refractivity contribution in [1.29, 1.82) is 0 Å². The van der Waals surface area contributed by atoms with Crippen LogP contribution in [0.4, 0.5) is 0 Å². The number of nitrogens with zero attached hydrogens (tertiary/aromatic N) is 3. The predicted molar refractivity (Wildman–Crippen MR) is 89.6 cm³/mol. The highest BCUT2D eigenvalue weighted by molar-refractivity contribution is 6.31. The van der Waals surface area contributed by atoms with Gasteiger partial charge >= 0.3 is 0 Å². The fourth-order valence-electron chi connectivity index (χ4n) is 3.20. The summed E-state index contributed by atoms with van der Waals surface area (Å²) in [6, 6.07) is 7.30. The zero-order valence-corrected chi connectivity index (χ0v) is 14.0. The first-order chi connectivity index (χ1) is 11.6. The molecular formula is C17H17ClN4O2. The van der Waals surface area contributed by atoms with Gasteiger partial charge in [-0.3, -0.25) is 9.89 Å². The molecule has 0 fully saturated rings. The summed E-state index contributed by atoms with van der Waals surface area (Å²) in [4.78, 5) is 12.0. The van der Waals surface area contributed by atoms with Gasteiger partial charge in [-0.05, 0) is 31.7 Å². The summed E-state index contributed by atoms with van der Waals surface area (Å²) in [5.74, 6) is 0.161. The van der Waals surface area contributed by atoms with E-state index < -0.39 is 6.23 Å². The van der Waals surface area contributed by atoms with Crippen LogP contribution in [0.2, 0.25) is 5.02 Å². The number of aryl methyl sites for hydroxylation is 1. The summed E-state index contributed by atoms with van der Waals surface area (Å²) < 4.78 is 6.00. The van der Waals surface area contributed by atoms with E-state index in [-0.39, 0.29) is 5.91 Å². The number of fused-ring (bicyclic) bond motifs is 1. The molecule has 6 nitrogen and oxygen atoms in total. The molecule has 2 heterocycles. The molecule has 1 aliphatic heterocycles. The van der Waals surface area contributed by atoms with Crippen molar-refractivity contribution in [3.63, 3.8) is 0 Å². The minimum atomic E-state index is -0.665. The van der Waals surface area contributed by atoms with Crippen LogP contribution in [0.1, 0.15) is 48.5 Å². The minimum absolute atomic E-state index is 0.209. The van der Waals surface area contributed by atoms with Gasteiger partial charge in [0, 0.05) is 28.8 Å². The number of hydrogen-bond acceptors (Lipinski definition) is 4. The van der Waals surface area contributed by atoms with Crippen molar-refractivity contribution in [2.75, 3.05) is 0 Å². The zero-order valence-electron chi connectivity index (χ0n) is 13.3. The maximum absolute atomic E-state index is 12.0. The summed E-state index contributed by atoms with van der Waals surface area (Å²) in [5.41, 5.74) is 3.68. The molecule has 2 aliphatic rings. The van der Waals surface area contributed by atoms with E-state index in [1.165, 1.54) is 11.9 Å². The highest BCUT2D eigenvalue weighted by Crippen LogP contribution is 2.35. The molecule has 1 aromatic carbocycles. The number of carbonyl (C=O) groups excluding carboxylic acids is 1. The number of H-pyrrole nitrogens is 1. The number of carbonyl (C=O) groups is 1. The summed E-state index contributed by atoms with van der Waals surface area (Å²) in [7, 11) is 0. The van der Waals surface area contributed by atoms with E-state index in [0.29, 0.717) is 22.2 Å². The number of aromatic amines is 1. The molecule has 7 heteroatoms. The first-order valence-electron chi connectivity index (χ1n) is 8.01. The normalized spacial score (nSPS) is 19.7. The average molecular weight is 345 g/mol. The number of aromatic nitrogens is 2. The van der Waals surface area contributed by atoms with E-state index in [2.05, 4.69) is 15.3 Å². The van der Waals surface area contributed by atoms with Crippen LogP contribution in [0.15, 0.2) is 29.4 Å². The van der Waals surface area contributed by atoms with Crippen molar-refractivity contribution in [2.45, 2.75) is 38.8 Å². The van der Waals surface area contributed by atoms with Crippen LogP contribution in [0.25, 0.3) is 0 Å². The second-order valence-electron chi connectivity index (χ2n) is 6.00. The largest absolute Gasteiger partial charge is 0.444 e. The highest BCUT2D eigenvalue weighted by Gasteiger charge is 2.36.